The first kappa shape index (κ1) is 52.4. The fourth-order valence-corrected chi connectivity index (χ4v) is 6.22. The number of allylic oxidation sites excluding steroid dienone is 8. The average Bonchev–Trinajstić information content (AvgIpc) is 3.18. The Bertz CT molecular complexity index is 980. The molecule has 0 heterocycles. The number of esters is 3. The number of hydrogen-bond donors (Lipinski definition) is 0. The minimum atomic E-state index is -0.783. The molecule has 0 N–H and O–H groups in total. The van der Waals surface area contributed by atoms with Crippen molar-refractivity contribution < 1.29 is 28.6 Å². The molecule has 0 spiro atoms. The zero-order chi connectivity index (χ0) is 40.1. The zero-order valence-corrected chi connectivity index (χ0v) is 36.2. The van der Waals surface area contributed by atoms with Gasteiger partial charge in [0.2, 0.25) is 0 Å². The Morgan fingerprint density at radius 1 is 0.364 bits per heavy atom. The van der Waals surface area contributed by atoms with Gasteiger partial charge >= 0.3 is 17.9 Å². The summed E-state index contributed by atoms with van der Waals surface area (Å²) in [4.78, 5) is 37.7. The van der Waals surface area contributed by atoms with Crippen LogP contribution in [0.5, 0.6) is 0 Å². The predicted octanol–water partition coefficient (Wildman–Crippen LogP) is 14.8. The molecule has 0 amide bonds. The molecular weight excluding hydrogens is 685 g/mol. The molecular formula is C49H86O6. The van der Waals surface area contributed by atoms with E-state index in [1.807, 2.05) is 0 Å². The summed E-state index contributed by atoms with van der Waals surface area (Å²) in [6, 6.07) is 0. The van der Waals surface area contributed by atoms with Gasteiger partial charge in [-0.05, 0) is 89.9 Å². The van der Waals surface area contributed by atoms with Crippen LogP contribution in [0.3, 0.4) is 0 Å². The maximum absolute atomic E-state index is 12.7. The van der Waals surface area contributed by atoms with Crippen LogP contribution in [0.2, 0.25) is 0 Å². The summed E-state index contributed by atoms with van der Waals surface area (Å²) in [7, 11) is 0. The van der Waals surface area contributed by atoms with Crippen LogP contribution in [0, 0.1) is 0 Å². The molecule has 55 heavy (non-hydrogen) atoms. The maximum Gasteiger partial charge on any atom is 0.306 e. The normalized spacial score (nSPS) is 12.4. The molecule has 0 aromatic heterocycles. The van der Waals surface area contributed by atoms with Crippen LogP contribution in [0.25, 0.3) is 0 Å². The van der Waals surface area contributed by atoms with Crippen LogP contribution < -0.4 is 0 Å². The number of rotatable bonds is 41. The van der Waals surface area contributed by atoms with Gasteiger partial charge < -0.3 is 14.2 Å². The Hall–Kier alpha value is -2.63. The average molecular weight is 771 g/mol. The smallest absolute Gasteiger partial charge is 0.306 e. The number of carbonyl (C=O) groups excluding carboxylic acids is 3. The van der Waals surface area contributed by atoms with Crippen molar-refractivity contribution in [2.75, 3.05) is 13.2 Å². The number of hydrogen-bond acceptors (Lipinski definition) is 6. The van der Waals surface area contributed by atoms with Crippen LogP contribution in [0.1, 0.15) is 226 Å². The lowest BCUT2D eigenvalue weighted by atomic mass is 10.1. The molecule has 1 unspecified atom stereocenters. The quantitative estimate of drug-likeness (QED) is 0.0267. The molecule has 0 fully saturated rings. The molecule has 0 radical (unpaired) electrons. The topological polar surface area (TPSA) is 78.9 Å². The fourth-order valence-electron chi connectivity index (χ4n) is 6.22. The van der Waals surface area contributed by atoms with Crippen LogP contribution >= 0.6 is 0 Å². The summed E-state index contributed by atoms with van der Waals surface area (Å²) in [6.45, 7) is 6.48. The predicted molar refractivity (Wildman–Crippen MR) is 233 cm³/mol. The van der Waals surface area contributed by atoms with Gasteiger partial charge in [-0.3, -0.25) is 14.4 Å². The summed E-state index contributed by atoms with van der Waals surface area (Å²) < 4.78 is 16.7. The van der Waals surface area contributed by atoms with E-state index in [4.69, 9.17) is 14.2 Å². The molecule has 0 saturated carbocycles. The SMILES string of the molecule is CCC/C=C\C/C=C\CCCCCCCC(=O)OCC(COC(=O)CCCCCCC/C=C\CCCC)OC(=O)CCCCCCC/C=C\CCCCCC. The van der Waals surface area contributed by atoms with E-state index in [2.05, 4.69) is 69.4 Å². The summed E-state index contributed by atoms with van der Waals surface area (Å²) in [5, 5.41) is 0. The highest BCUT2D eigenvalue weighted by Crippen LogP contribution is 2.13. The van der Waals surface area contributed by atoms with Crippen molar-refractivity contribution in [2.24, 2.45) is 0 Å². The molecule has 6 heteroatoms. The highest BCUT2D eigenvalue weighted by molar-refractivity contribution is 5.71. The van der Waals surface area contributed by atoms with Crippen molar-refractivity contribution in [2.45, 2.75) is 232 Å². The lowest BCUT2D eigenvalue weighted by Crippen LogP contribution is -2.30. The van der Waals surface area contributed by atoms with E-state index in [1.165, 1.54) is 83.5 Å². The molecule has 6 nitrogen and oxygen atoms in total. The van der Waals surface area contributed by atoms with E-state index in [0.717, 1.165) is 103 Å². The van der Waals surface area contributed by atoms with Gasteiger partial charge in [0, 0.05) is 19.3 Å². The third kappa shape index (κ3) is 42.4. The second-order valence-electron chi connectivity index (χ2n) is 15.3. The lowest BCUT2D eigenvalue weighted by Gasteiger charge is -2.18. The fraction of sp³-hybridized carbons (Fsp3) is 0.776. The molecule has 0 aromatic carbocycles. The largest absolute Gasteiger partial charge is 0.462 e. The van der Waals surface area contributed by atoms with E-state index in [0.29, 0.717) is 19.3 Å². The summed E-state index contributed by atoms with van der Waals surface area (Å²) in [5.41, 5.74) is 0. The molecule has 0 aliphatic rings. The third-order valence-electron chi connectivity index (χ3n) is 9.76. The minimum Gasteiger partial charge on any atom is -0.462 e. The van der Waals surface area contributed by atoms with Gasteiger partial charge in [-0.2, -0.15) is 0 Å². The van der Waals surface area contributed by atoms with Gasteiger partial charge in [0.05, 0.1) is 0 Å². The highest BCUT2D eigenvalue weighted by atomic mass is 16.6. The summed E-state index contributed by atoms with van der Waals surface area (Å²) in [5.74, 6) is -0.919. The Kier molecular flexibility index (Phi) is 42.0. The van der Waals surface area contributed by atoms with Crippen molar-refractivity contribution in [3.8, 4) is 0 Å². The monoisotopic (exact) mass is 771 g/mol. The first-order valence-corrected chi connectivity index (χ1v) is 23.1. The molecule has 0 saturated heterocycles. The minimum absolute atomic E-state index is 0.0855. The van der Waals surface area contributed by atoms with Gasteiger partial charge in [-0.15, -0.1) is 0 Å². The van der Waals surface area contributed by atoms with Crippen LogP contribution in [0.15, 0.2) is 48.6 Å². The second kappa shape index (κ2) is 44.1. The van der Waals surface area contributed by atoms with Crippen molar-refractivity contribution in [3.05, 3.63) is 48.6 Å². The van der Waals surface area contributed by atoms with E-state index in [9.17, 15) is 14.4 Å². The molecule has 0 bridgehead atoms. The van der Waals surface area contributed by atoms with Crippen LogP contribution in [-0.2, 0) is 28.6 Å². The molecule has 0 aliphatic heterocycles. The first-order valence-electron chi connectivity index (χ1n) is 23.1. The van der Waals surface area contributed by atoms with Crippen LogP contribution in [-0.4, -0.2) is 37.2 Å². The van der Waals surface area contributed by atoms with Gasteiger partial charge in [0.15, 0.2) is 6.10 Å². The maximum atomic E-state index is 12.7. The first-order chi connectivity index (χ1) is 27.0. The summed E-state index contributed by atoms with van der Waals surface area (Å²) in [6.07, 6.45) is 50.9. The van der Waals surface area contributed by atoms with Gasteiger partial charge in [0.1, 0.15) is 13.2 Å². The zero-order valence-electron chi connectivity index (χ0n) is 36.2. The standard InChI is InChI=1S/C49H86O6/c1-4-7-10-13-16-19-22-24-27-30-33-36-39-42-48(51)54-45-46(44-53-47(50)41-38-35-32-29-26-21-18-15-12-9-6-3)55-49(52)43-40-37-34-31-28-25-23-20-17-14-11-8-5-2/h10,13,15,18-20,22-23,46H,4-9,11-12,14,16-17,21,24-45H2,1-3H3/b13-10-,18-15-,22-19-,23-20-. The van der Waals surface area contributed by atoms with Crippen LogP contribution in [0.4, 0.5) is 0 Å². The van der Waals surface area contributed by atoms with Crippen molar-refractivity contribution in [1.29, 1.82) is 0 Å². The van der Waals surface area contributed by atoms with Crippen molar-refractivity contribution in [3.63, 3.8) is 0 Å². The van der Waals surface area contributed by atoms with Gasteiger partial charge in [-0.25, -0.2) is 0 Å². The molecule has 1 atom stereocenters. The second-order valence-corrected chi connectivity index (χ2v) is 15.3. The molecule has 0 rings (SSSR count). The number of carbonyl (C=O) groups is 3. The summed E-state index contributed by atoms with van der Waals surface area (Å²) >= 11 is 0. The van der Waals surface area contributed by atoms with Crippen molar-refractivity contribution >= 4 is 17.9 Å². The van der Waals surface area contributed by atoms with Gasteiger partial charge in [0.25, 0.3) is 0 Å². The lowest BCUT2D eigenvalue weighted by molar-refractivity contribution is -0.167. The molecule has 318 valence electrons. The Balaban J connectivity index is 4.42. The Morgan fingerprint density at radius 3 is 1.15 bits per heavy atom. The third-order valence-corrected chi connectivity index (χ3v) is 9.76. The number of ether oxygens (including phenoxy) is 3. The van der Waals surface area contributed by atoms with E-state index >= 15 is 0 Å². The van der Waals surface area contributed by atoms with E-state index in [1.54, 1.807) is 0 Å². The molecule has 0 aromatic rings. The molecule has 0 aliphatic carbocycles. The Morgan fingerprint density at radius 2 is 0.709 bits per heavy atom. The van der Waals surface area contributed by atoms with E-state index in [-0.39, 0.29) is 31.1 Å². The van der Waals surface area contributed by atoms with Gasteiger partial charge in [-0.1, -0.05) is 166 Å². The highest BCUT2D eigenvalue weighted by Gasteiger charge is 2.19. The van der Waals surface area contributed by atoms with Crippen molar-refractivity contribution in [1.82, 2.24) is 0 Å². The number of unbranched alkanes of at least 4 members (excludes halogenated alkanes) is 22. The Labute approximate surface area is 339 Å². The van der Waals surface area contributed by atoms with E-state index < -0.39 is 6.10 Å².